The number of halogens is 2. The molecule has 5 nitrogen and oxygen atoms in total. The summed E-state index contributed by atoms with van der Waals surface area (Å²) in [6, 6.07) is 5.66. The summed E-state index contributed by atoms with van der Waals surface area (Å²) in [7, 11) is 0. The quantitative estimate of drug-likeness (QED) is 0.750. The molecule has 28 heavy (non-hydrogen) atoms. The number of rotatable bonds is 8. The van der Waals surface area contributed by atoms with Gasteiger partial charge in [-0.25, -0.2) is 8.78 Å². The first-order valence-corrected chi connectivity index (χ1v) is 10.0. The molecule has 1 aromatic carbocycles. The van der Waals surface area contributed by atoms with Crippen molar-refractivity contribution in [2.75, 3.05) is 32.7 Å². The van der Waals surface area contributed by atoms with Crippen molar-refractivity contribution in [2.24, 2.45) is 0 Å². The van der Waals surface area contributed by atoms with Gasteiger partial charge in [0.25, 0.3) is 0 Å². The second kappa shape index (κ2) is 9.11. The summed E-state index contributed by atoms with van der Waals surface area (Å²) in [5.41, 5.74) is -1.40. The van der Waals surface area contributed by atoms with Gasteiger partial charge in [0.15, 0.2) is 0 Å². The van der Waals surface area contributed by atoms with E-state index in [0.717, 1.165) is 38.7 Å². The molecule has 0 bridgehead atoms. The first-order valence-electron chi connectivity index (χ1n) is 10.0. The topological polar surface area (TPSA) is 44.5 Å². The molecule has 0 saturated carbocycles. The molecule has 1 aromatic heterocycles. The number of aliphatic hydroxyl groups is 1. The maximum atomic E-state index is 14.5. The van der Waals surface area contributed by atoms with Crippen molar-refractivity contribution >= 4 is 0 Å². The maximum absolute atomic E-state index is 14.5. The zero-order chi connectivity index (χ0) is 20.1. The van der Waals surface area contributed by atoms with E-state index < -0.39 is 17.2 Å². The van der Waals surface area contributed by atoms with Gasteiger partial charge in [-0.3, -0.25) is 14.5 Å². The molecule has 1 aliphatic heterocycles. The molecule has 2 unspecified atom stereocenters. The van der Waals surface area contributed by atoms with Crippen molar-refractivity contribution in [3.63, 3.8) is 0 Å². The maximum Gasteiger partial charge on any atom is 0.132 e. The third kappa shape index (κ3) is 4.96. The molecule has 2 atom stereocenters. The molecule has 0 aliphatic carbocycles. The Labute approximate surface area is 165 Å². The van der Waals surface area contributed by atoms with Crippen molar-refractivity contribution in [2.45, 2.75) is 44.9 Å². The van der Waals surface area contributed by atoms with Crippen LogP contribution in [0.5, 0.6) is 0 Å². The summed E-state index contributed by atoms with van der Waals surface area (Å²) in [5.74, 6) is -1.38. The molecule has 2 aromatic rings. The SMILES string of the molecule is CCCC(C)N1CCN(CC(O)(Cn2cccn2)c2ccc(F)cc2F)CC1. The van der Waals surface area contributed by atoms with Gasteiger partial charge in [-0.05, 0) is 25.5 Å². The minimum atomic E-state index is -1.50. The molecule has 154 valence electrons. The van der Waals surface area contributed by atoms with Gasteiger partial charge in [-0.1, -0.05) is 19.4 Å². The number of aromatic nitrogens is 2. The molecule has 0 radical (unpaired) electrons. The summed E-state index contributed by atoms with van der Waals surface area (Å²) < 4.78 is 29.5. The van der Waals surface area contributed by atoms with E-state index in [1.54, 1.807) is 23.1 Å². The molecule has 1 fully saturated rings. The lowest BCUT2D eigenvalue weighted by atomic mass is 9.92. The van der Waals surface area contributed by atoms with Crippen LogP contribution in [0.1, 0.15) is 32.3 Å². The van der Waals surface area contributed by atoms with Crippen LogP contribution >= 0.6 is 0 Å². The predicted octanol–water partition coefficient (Wildman–Crippen LogP) is 2.86. The highest BCUT2D eigenvalue weighted by molar-refractivity contribution is 5.25. The van der Waals surface area contributed by atoms with Gasteiger partial charge < -0.3 is 5.11 Å². The fourth-order valence-corrected chi connectivity index (χ4v) is 4.08. The van der Waals surface area contributed by atoms with Gasteiger partial charge in [0.1, 0.15) is 17.2 Å². The van der Waals surface area contributed by atoms with E-state index in [4.69, 9.17) is 0 Å². The Morgan fingerprint density at radius 2 is 1.93 bits per heavy atom. The Morgan fingerprint density at radius 1 is 1.18 bits per heavy atom. The van der Waals surface area contributed by atoms with Gasteiger partial charge in [0.2, 0.25) is 0 Å². The van der Waals surface area contributed by atoms with Crippen LogP contribution in [0.25, 0.3) is 0 Å². The average molecular weight is 392 g/mol. The number of hydrogen-bond donors (Lipinski definition) is 1. The lowest BCUT2D eigenvalue weighted by molar-refractivity contribution is -0.0345. The van der Waals surface area contributed by atoms with E-state index in [9.17, 15) is 13.9 Å². The lowest BCUT2D eigenvalue weighted by Crippen LogP contribution is -2.54. The second-order valence-corrected chi connectivity index (χ2v) is 7.81. The second-order valence-electron chi connectivity index (χ2n) is 7.81. The van der Waals surface area contributed by atoms with Gasteiger partial charge in [-0.15, -0.1) is 0 Å². The van der Waals surface area contributed by atoms with Crippen LogP contribution in [0.2, 0.25) is 0 Å². The van der Waals surface area contributed by atoms with E-state index in [2.05, 4.69) is 28.7 Å². The first-order chi connectivity index (χ1) is 13.4. The van der Waals surface area contributed by atoms with Crippen molar-refractivity contribution in [3.8, 4) is 0 Å². The van der Waals surface area contributed by atoms with Gasteiger partial charge in [0.05, 0.1) is 6.54 Å². The van der Waals surface area contributed by atoms with E-state index in [-0.39, 0.29) is 18.7 Å². The van der Waals surface area contributed by atoms with Crippen LogP contribution < -0.4 is 0 Å². The van der Waals surface area contributed by atoms with Crippen LogP contribution in [-0.4, -0.2) is 63.5 Å². The third-order valence-electron chi connectivity index (χ3n) is 5.64. The van der Waals surface area contributed by atoms with Gasteiger partial charge in [-0.2, -0.15) is 5.10 Å². The normalized spacial score (nSPS) is 19.5. The zero-order valence-electron chi connectivity index (χ0n) is 16.7. The smallest absolute Gasteiger partial charge is 0.132 e. The summed E-state index contributed by atoms with van der Waals surface area (Å²) >= 11 is 0. The van der Waals surface area contributed by atoms with Gasteiger partial charge >= 0.3 is 0 Å². The summed E-state index contributed by atoms with van der Waals surface area (Å²) in [5, 5.41) is 15.6. The largest absolute Gasteiger partial charge is 0.382 e. The molecule has 3 rings (SSSR count). The molecule has 1 N–H and O–H groups in total. The van der Waals surface area contributed by atoms with E-state index in [0.29, 0.717) is 6.04 Å². The lowest BCUT2D eigenvalue weighted by Gasteiger charge is -2.41. The van der Waals surface area contributed by atoms with E-state index >= 15 is 0 Å². The Balaban J connectivity index is 1.75. The van der Waals surface area contributed by atoms with Crippen LogP contribution in [-0.2, 0) is 12.1 Å². The highest BCUT2D eigenvalue weighted by atomic mass is 19.1. The predicted molar refractivity (Wildman–Crippen MR) is 105 cm³/mol. The van der Waals surface area contributed by atoms with Crippen LogP contribution in [0.3, 0.4) is 0 Å². The highest BCUT2D eigenvalue weighted by Gasteiger charge is 2.36. The molecule has 2 heterocycles. The van der Waals surface area contributed by atoms with Crippen molar-refractivity contribution in [3.05, 3.63) is 53.9 Å². The number of β-amino-alcohol motifs (C(OH)–C–C–N with tert-alkyl or cyclic N) is 1. The molecular formula is C21H30F2N4O. The summed E-state index contributed by atoms with van der Waals surface area (Å²) in [4.78, 5) is 4.62. The molecule has 1 aliphatic rings. The van der Waals surface area contributed by atoms with E-state index in [1.165, 1.54) is 18.6 Å². The molecule has 0 spiro atoms. The van der Waals surface area contributed by atoms with Crippen molar-refractivity contribution < 1.29 is 13.9 Å². The number of hydrogen-bond acceptors (Lipinski definition) is 4. The highest BCUT2D eigenvalue weighted by Crippen LogP contribution is 2.28. The average Bonchev–Trinajstić information content (AvgIpc) is 3.15. The van der Waals surface area contributed by atoms with Crippen LogP contribution in [0.4, 0.5) is 8.78 Å². The van der Waals surface area contributed by atoms with Crippen LogP contribution in [0.15, 0.2) is 36.7 Å². The Morgan fingerprint density at radius 3 is 2.54 bits per heavy atom. The van der Waals surface area contributed by atoms with Crippen molar-refractivity contribution in [1.82, 2.24) is 19.6 Å². The zero-order valence-corrected chi connectivity index (χ0v) is 16.7. The Kier molecular flexibility index (Phi) is 6.80. The Hall–Kier alpha value is -1.83. The minimum absolute atomic E-state index is 0.103. The third-order valence-corrected chi connectivity index (χ3v) is 5.64. The summed E-state index contributed by atoms with van der Waals surface area (Å²) in [6.45, 7) is 8.27. The first kappa shape index (κ1) is 20.9. The van der Waals surface area contributed by atoms with E-state index in [1.807, 2.05) is 0 Å². The fourth-order valence-electron chi connectivity index (χ4n) is 4.08. The fraction of sp³-hybridized carbons (Fsp3) is 0.571. The minimum Gasteiger partial charge on any atom is -0.382 e. The number of piperazine rings is 1. The standard InChI is InChI=1S/C21H30F2N4O/c1-3-5-17(2)26-12-10-25(11-13-26)15-21(28,16-27-9-4-8-24-27)19-7-6-18(22)14-20(19)23/h4,6-9,14,17,28H,3,5,10-13,15-16H2,1-2H3. The molecule has 0 amide bonds. The molecule has 7 heteroatoms. The number of nitrogens with zero attached hydrogens (tertiary/aromatic N) is 4. The molecule has 1 saturated heterocycles. The van der Waals surface area contributed by atoms with Crippen LogP contribution in [0, 0.1) is 11.6 Å². The monoisotopic (exact) mass is 392 g/mol. The van der Waals surface area contributed by atoms with Gasteiger partial charge in [0, 0.05) is 62.8 Å². The number of benzene rings is 1. The Bertz CT molecular complexity index is 747. The summed E-state index contributed by atoms with van der Waals surface area (Å²) in [6.07, 6.45) is 5.69. The van der Waals surface area contributed by atoms with Crippen molar-refractivity contribution in [1.29, 1.82) is 0 Å². The molecular weight excluding hydrogens is 362 g/mol.